The van der Waals surface area contributed by atoms with E-state index in [2.05, 4.69) is 4.74 Å². The average molecular weight is 288 g/mol. The molecule has 0 fully saturated rings. The van der Waals surface area contributed by atoms with Gasteiger partial charge in [-0.15, -0.1) is 0 Å². The highest BCUT2D eigenvalue weighted by atomic mass is 19.4. The van der Waals surface area contributed by atoms with E-state index in [-0.39, 0.29) is 11.0 Å². The summed E-state index contributed by atoms with van der Waals surface area (Å²) in [5.41, 5.74) is -1.85. The number of benzene rings is 1. The molecule has 0 bridgehead atoms. The van der Waals surface area contributed by atoms with Gasteiger partial charge in [0.2, 0.25) is 5.43 Å². The summed E-state index contributed by atoms with van der Waals surface area (Å²) >= 11 is 0. The molecule has 20 heavy (non-hydrogen) atoms. The molecule has 108 valence electrons. The third-order valence-corrected chi connectivity index (χ3v) is 2.78. The standard InChI is InChI=1S/C13H11F3O4/c1-2-20-12(18,13(14,15)16)9-7-19-10-6-4-3-5-8(10)11(9)17/h3-7,18H,2H2,1H3. The summed E-state index contributed by atoms with van der Waals surface area (Å²) in [6.45, 7) is 0.849. The van der Waals surface area contributed by atoms with Gasteiger partial charge in [-0.05, 0) is 19.1 Å². The van der Waals surface area contributed by atoms with Gasteiger partial charge < -0.3 is 14.3 Å². The fraction of sp³-hybridized carbons (Fsp3) is 0.308. The molecule has 0 saturated heterocycles. The highest BCUT2D eigenvalue weighted by Crippen LogP contribution is 2.39. The van der Waals surface area contributed by atoms with Gasteiger partial charge in [0.1, 0.15) is 17.4 Å². The molecule has 0 aliphatic heterocycles. The van der Waals surface area contributed by atoms with Crippen molar-refractivity contribution in [1.82, 2.24) is 0 Å². The molecule has 1 heterocycles. The quantitative estimate of drug-likeness (QED) is 0.882. The zero-order chi connectivity index (χ0) is 15.0. The van der Waals surface area contributed by atoms with Crippen molar-refractivity contribution in [2.75, 3.05) is 6.61 Å². The number of alkyl halides is 3. The maximum atomic E-state index is 13.0. The average Bonchev–Trinajstić information content (AvgIpc) is 2.38. The lowest BCUT2D eigenvalue weighted by Crippen LogP contribution is -2.47. The number of rotatable bonds is 3. The molecule has 0 spiro atoms. The number of aliphatic hydroxyl groups is 1. The van der Waals surface area contributed by atoms with Crippen LogP contribution >= 0.6 is 0 Å². The topological polar surface area (TPSA) is 59.7 Å². The SMILES string of the molecule is CCOC(O)(c1coc2ccccc2c1=O)C(F)(F)F. The van der Waals surface area contributed by atoms with Crippen LogP contribution in [0.15, 0.2) is 39.7 Å². The van der Waals surface area contributed by atoms with E-state index in [1.54, 1.807) is 6.07 Å². The summed E-state index contributed by atoms with van der Waals surface area (Å²) in [6.07, 6.45) is -4.59. The Morgan fingerprint density at radius 2 is 1.95 bits per heavy atom. The zero-order valence-electron chi connectivity index (χ0n) is 10.4. The van der Waals surface area contributed by atoms with Crippen molar-refractivity contribution in [2.45, 2.75) is 18.9 Å². The summed E-state index contributed by atoms with van der Waals surface area (Å²) in [6, 6.07) is 5.81. The van der Waals surface area contributed by atoms with E-state index in [4.69, 9.17) is 4.42 Å². The van der Waals surface area contributed by atoms with Crippen molar-refractivity contribution in [1.29, 1.82) is 0 Å². The number of halogens is 3. The normalized spacial score (nSPS) is 15.2. The summed E-state index contributed by atoms with van der Waals surface area (Å²) in [4.78, 5) is 12.1. The molecule has 0 aliphatic carbocycles. The minimum absolute atomic E-state index is 0.0626. The van der Waals surface area contributed by atoms with Crippen LogP contribution in [0.3, 0.4) is 0 Å². The van der Waals surface area contributed by atoms with E-state index >= 15 is 0 Å². The van der Waals surface area contributed by atoms with E-state index < -0.39 is 29.6 Å². The van der Waals surface area contributed by atoms with Crippen LogP contribution in [-0.4, -0.2) is 17.9 Å². The Labute approximate surface area is 111 Å². The molecule has 1 atom stereocenters. The first kappa shape index (κ1) is 14.5. The van der Waals surface area contributed by atoms with Gasteiger partial charge in [-0.1, -0.05) is 12.1 Å². The Bertz CT molecular complexity index is 677. The zero-order valence-corrected chi connectivity index (χ0v) is 10.4. The molecule has 2 rings (SSSR count). The molecule has 7 heteroatoms. The number of hydrogen-bond donors (Lipinski definition) is 1. The van der Waals surface area contributed by atoms with Gasteiger partial charge in [0.15, 0.2) is 0 Å². The van der Waals surface area contributed by atoms with E-state index in [1.165, 1.54) is 25.1 Å². The molecule has 0 saturated carbocycles. The van der Waals surface area contributed by atoms with E-state index in [9.17, 15) is 23.1 Å². The van der Waals surface area contributed by atoms with Crippen LogP contribution in [0.1, 0.15) is 12.5 Å². The Kier molecular flexibility index (Phi) is 3.58. The van der Waals surface area contributed by atoms with Crippen LogP contribution in [0, 0.1) is 0 Å². The van der Waals surface area contributed by atoms with E-state index in [0.29, 0.717) is 6.26 Å². The van der Waals surface area contributed by atoms with Gasteiger partial charge >= 0.3 is 6.18 Å². The van der Waals surface area contributed by atoms with Crippen LogP contribution in [0.2, 0.25) is 0 Å². The number of hydrogen-bond acceptors (Lipinski definition) is 4. The first-order valence-corrected chi connectivity index (χ1v) is 5.75. The van der Waals surface area contributed by atoms with Gasteiger partial charge in [-0.3, -0.25) is 4.79 Å². The van der Waals surface area contributed by atoms with Gasteiger partial charge in [-0.2, -0.15) is 13.2 Å². The van der Waals surface area contributed by atoms with E-state index in [1.807, 2.05) is 0 Å². The van der Waals surface area contributed by atoms with Crippen LogP contribution in [-0.2, 0) is 10.5 Å². The second-order valence-corrected chi connectivity index (χ2v) is 4.05. The summed E-state index contributed by atoms with van der Waals surface area (Å²) in [7, 11) is 0. The third-order valence-electron chi connectivity index (χ3n) is 2.78. The summed E-state index contributed by atoms with van der Waals surface area (Å²) in [5, 5.41) is 9.69. The maximum absolute atomic E-state index is 13.0. The van der Waals surface area contributed by atoms with Gasteiger partial charge in [0.25, 0.3) is 5.79 Å². The lowest BCUT2D eigenvalue weighted by atomic mass is 10.1. The fourth-order valence-electron chi connectivity index (χ4n) is 1.83. The van der Waals surface area contributed by atoms with Crippen LogP contribution in [0.25, 0.3) is 11.0 Å². The Balaban J connectivity index is 2.73. The van der Waals surface area contributed by atoms with Crippen molar-refractivity contribution in [3.05, 3.63) is 46.3 Å². The molecule has 1 aromatic heterocycles. The Morgan fingerprint density at radius 1 is 1.30 bits per heavy atom. The molecule has 0 aliphatic rings. The van der Waals surface area contributed by atoms with Crippen LogP contribution in [0.4, 0.5) is 13.2 Å². The fourth-order valence-corrected chi connectivity index (χ4v) is 1.83. The highest BCUT2D eigenvalue weighted by molar-refractivity contribution is 5.76. The first-order chi connectivity index (χ1) is 9.31. The molecule has 1 unspecified atom stereocenters. The minimum Gasteiger partial charge on any atom is -0.464 e. The molecular formula is C13H11F3O4. The van der Waals surface area contributed by atoms with Gasteiger partial charge in [0, 0.05) is 6.61 Å². The van der Waals surface area contributed by atoms with Crippen molar-refractivity contribution in [2.24, 2.45) is 0 Å². The second kappa shape index (κ2) is 4.92. The van der Waals surface area contributed by atoms with Crippen molar-refractivity contribution < 1.29 is 27.4 Å². The Hall–Kier alpha value is -1.86. The lowest BCUT2D eigenvalue weighted by Gasteiger charge is -2.29. The molecule has 1 aromatic carbocycles. The highest BCUT2D eigenvalue weighted by Gasteiger charge is 2.58. The van der Waals surface area contributed by atoms with Crippen LogP contribution in [0.5, 0.6) is 0 Å². The first-order valence-electron chi connectivity index (χ1n) is 5.75. The monoisotopic (exact) mass is 288 g/mol. The molecular weight excluding hydrogens is 277 g/mol. The second-order valence-electron chi connectivity index (χ2n) is 4.05. The number of fused-ring (bicyclic) bond motifs is 1. The lowest BCUT2D eigenvalue weighted by molar-refractivity contribution is -0.375. The molecule has 2 aromatic rings. The van der Waals surface area contributed by atoms with Crippen molar-refractivity contribution in [3.8, 4) is 0 Å². The molecule has 4 nitrogen and oxygen atoms in total. The predicted octanol–water partition coefficient (Wildman–Crippen LogP) is 2.54. The Morgan fingerprint density at radius 3 is 2.55 bits per heavy atom. The molecule has 1 N–H and O–H groups in total. The van der Waals surface area contributed by atoms with E-state index in [0.717, 1.165) is 0 Å². The minimum atomic E-state index is -5.17. The van der Waals surface area contributed by atoms with Gasteiger partial charge in [0.05, 0.1) is 5.39 Å². The number of ether oxygens (including phenoxy) is 1. The maximum Gasteiger partial charge on any atom is 0.448 e. The van der Waals surface area contributed by atoms with Gasteiger partial charge in [-0.25, -0.2) is 0 Å². The largest absolute Gasteiger partial charge is 0.464 e. The third kappa shape index (κ3) is 2.19. The smallest absolute Gasteiger partial charge is 0.448 e. The molecule has 0 radical (unpaired) electrons. The molecule has 0 amide bonds. The summed E-state index contributed by atoms with van der Waals surface area (Å²) < 4.78 is 48.4. The number of para-hydroxylation sites is 1. The van der Waals surface area contributed by atoms with Crippen molar-refractivity contribution in [3.63, 3.8) is 0 Å². The van der Waals surface area contributed by atoms with Crippen LogP contribution < -0.4 is 5.43 Å². The predicted molar refractivity (Wildman–Crippen MR) is 64.1 cm³/mol. The van der Waals surface area contributed by atoms with Crippen molar-refractivity contribution >= 4 is 11.0 Å². The summed E-state index contributed by atoms with van der Waals surface area (Å²) in [5.74, 6) is -3.69.